The second-order valence-electron chi connectivity index (χ2n) is 6.64. The first-order valence-electron chi connectivity index (χ1n) is 8.32. The Morgan fingerprint density at radius 3 is 2.83 bits per heavy atom. The number of hydrogen-bond donors (Lipinski definition) is 1. The summed E-state index contributed by atoms with van der Waals surface area (Å²) in [6.45, 7) is 2.00. The van der Waals surface area contributed by atoms with E-state index in [0.29, 0.717) is 5.92 Å². The van der Waals surface area contributed by atoms with Gasteiger partial charge in [0.1, 0.15) is 5.82 Å². The first-order chi connectivity index (χ1) is 11.7. The summed E-state index contributed by atoms with van der Waals surface area (Å²) in [5.41, 5.74) is 8.40. The molecule has 4 nitrogen and oxygen atoms in total. The number of benzene rings is 2. The minimum atomic E-state index is -0.180. The van der Waals surface area contributed by atoms with Crippen LogP contribution in [0, 0.1) is 11.7 Å². The summed E-state index contributed by atoms with van der Waals surface area (Å²) in [5.74, 6) is 1.80. The lowest BCUT2D eigenvalue weighted by Gasteiger charge is -2.38. The highest BCUT2D eigenvalue weighted by molar-refractivity contribution is 5.57. The van der Waals surface area contributed by atoms with Crippen molar-refractivity contribution in [2.75, 3.05) is 24.8 Å². The van der Waals surface area contributed by atoms with Crippen LogP contribution in [-0.2, 0) is 6.42 Å². The number of rotatable bonds is 3. The van der Waals surface area contributed by atoms with Gasteiger partial charge in [-0.05, 0) is 48.6 Å². The van der Waals surface area contributed by atoms with Crippen LogP contribution in [0.3, 0.4) is 0 Å². The van der Waals surface area contributed by atoms with Crippen molar-refractivity contribution >= 4 is 5.69 Å². The van der Waals surface area contributed by atoms with Crippen LogP contribution in [0.1, 0.15) is 12.0 Å². The lowest BCUT2D eigenvalue weighted by Crippen LogP contribution is -2.47. The molecule has 1 saturated heterocycles. The Hall–Kier alpha value is -2.27. The molecule has 2 atom stereocenters. The molecule has 2 aliphatic heterocycles. The zero-order chi connectivity index (χ0) is 16.5. The largest absolute Gasteiger partial charge is 0.454 e. The van der Waals surface area contributed by atoms with Crippen molar-refractivity contribution in [1.82, 2.24) is 0 Å². The summed E-state index contributed by atoms with van der Waals surface area (Å²) in [4.78, 5) is 2.29. The molecule has 0 bridgehead atoms. The molecule has 126 valence electrons. The zero-order valence-electron chi connectivity index (χ0n) is 13.5. The van der Waals surface area contributed by atoms with Gasteiger partial charge < -0.3 is 20.1 Å². The van der Waals surface area contributed by atoms with E-state index in [1.165, 1.54) is 6.07 Å². The third-order valence-electron chi connectivity index (χ3n) is 4.70. The third-order valence-corrected chi connectivity index (χ3v) is 4.70. The number of piperidine rings is 1. The average Bonchev–Trinajstić information content (AvgIpc) is 3.02. The number of fused-ring (bicyclic) bond motifs is 1. The van der Waals surface area contributed by atoms with Crippen LogP contribution in [-0.4, -0.2) is 25.9 Å². The van der Waals surface area contributed by atoms with E-state index in [2.05, 4.69) is 4.90 Å². The number of hydrogen-bond acceptors (Lipinski definition) is 4. The second kappa shape index (κ2) is 6.32. The Labute approximate surface area is 141 Å². The minimum Gasteiger partial charge on any atom is -0.454 e. The maximum atomic E-state index is 13.4. The van der Waals surface area contributed by atoms with Gasteiger partial charge in [-0.3, -0.25) is 0 Å². The summed E-state index contributed by atoms with van der Waals surface area (Å²) in [5, 5.41) is 0. The van der Waals surface area contributed by atoms with Gasteiger partial charge in [0, 0.05) is 30.9 Å². The van der Waals surface area contributed by atoms with E-state index in [1.807, 2.05) is 24.3 Å². The van der Waals surface area contributed by atoms with Crippen molar-refractivity contribution in [3.8, 4) is 11.5 Å². The van der Waals surface area contributed by atoms with Gasteiger partial charge in [-0.1, -0.05) is 12.1 Å². The van der Waals surface area contributed by atoms with Gasteiger partial charge in [0.15, 0.2) is 11.5 Å². The molecule has 2 aromatic carbocycles. The highest BCUT2D eigenvalue weighted by Crippen LogP contribution is 2.36. The van der Waals surface area contributed by atoms with Gasteiger partial charge in [-0.25, -0.2) is 4.39 Å². The molecule has 0 radical (unpaired) electrons. The Bertz CT molecular complexity index is 737. The van der Waals surface area contributed by atoms with Crippen molar-refractivity contribution in [3.05, 3.63) is 53.8 Å². The summed E-state index contributed by atoms with van der Waals surface area (Å²) in [6, 6.07) is 13.0. The van der Waals surface area contributed by atoms with Crippen LogP contribution >= 0.6 is 0 Å². The average molecular weight is 328 g/mol. The molecule has 2 aliphatic rings. The van der Waals surface area contributed by atoms with Gasteiger partial charge in [0.05, 0.1) is 0 Å². The molecule has 4 rings (SSSR count). The van der Waals surface area contributed by atoms with E-state index in [9.17, 15) is 4.39 Å². The highest BCUT2D eigenvalue weighted by Gasteiger charge is 2.26. The second-order valence-corrected chi connectivity index (χ2v) is 6.64. The minimum absolute atomic E-state index is 0.114. The molecule has 2 heterocycles. The topological polar surface area (TPSA) is 47.7 Å². The van der Waals surface area contributed by atoms with Crippen molar-refractivity contribution in [1.29, 1.82) is 0 Å². The maximum Gasteiger partial charge on any atom is 0.231 e. The lowest BCUT2D eigenvalue weighted by molar-refractivity contribution is 0.174. The normalized spacial score (nSPS) is 22.7. The molecule has 0 spiro atoms. The Morgan fingerprint density at radius 1 is 1.08 bits per heavy atom. The van der Waals surface area contributed by atoms with Crippen molar-refractivity contribution < 1.29 is 13.9 Å². The lowest BCUT2D eigenvalue weighted by atomic mass is 9.88. The molecular weight excluding hydrogens is 307 g/mol. The number of anilines is 1. The molecule has 2 unspecified atom stereocenters. The molecule has 1 fully saturated rings. The molecule has 0 aliphatic carbocycles. The molecule has 0 saturated carbocycles. The van der Waals surface area contributed by atoms with Crippen molar-refractivity contribution in [3.63, 3.8) is 0 Å². The summed E-state index contributed by atoms with van der Waals surface area (Å²) >= 11 is 0. The predicted molar refractivity (Wildman–Crippen MR) is 91.0 cm³/mol. The Balaban J connectivity index is 1.50. The first-order valence-corrected chi connectivity index (χ1v) is 8.32. The fraction of sp³-hybridized carbons (Fsp3) is 0.368. The van der Waals surface area contributed by atoms with Crippen molar-refractivity contribution in [2.45, 2.75) is 18.9 Å². The van der Waals surface area contributed by atoms with Gasteiger partial charge in [-0.15, -0.1) is 0 Å². The van der Waals surface area contributed by atoms with Gasteiger partial charge >= 0.3 is 0 Å². The third kappa shape index (κ3) is 3.17. The van der Waals surface area contributed by atoms with Crippen LogP contribution < -0.4 is 20.1 Å². The van der Waals surface area contributed by atoms with Crippen LogP contribution in [0.4, 0.5) is 10.1 Å². The molecule has 0 aromatic heterocycles. The number of halogens is 1. The summed E-state index contributed by atoms with van der Waals surface area (Å²) in [6.07, 6.45) is 1.80. The molecule has 5 heteroatoms. The highest BCUT2D eigenvalue weighted by atomic mass is 19.1. The van der Waals surface area contributed by atoms with E-state index in [4.69, 9.17) is 15.2 Å². The van der Waals surface area contributed by atoms with Crippen LogP contribution in [0.15, 0.2) is 42.5 Å². The standard InChI is InChI=1S/C19H21FN2O2/c20-15-3-1-2-13(7-15)6-14-8-16(21)11-22(10-14)17-4-5-18-19(9-17)24-12-23-18/h1-5,7,9,14,16H,6,8,10-12,21H2. The predicted octanol–water partition coefficient (Wildman–Crippen LogP) is 2.95. The van der Waals surface area contributed by atoms with Crippen LogP contribution in [0.5, 0.6) is 11.5 Å². The fourth-order valence-corrected chi connectivity index (χ4v) is 3.68. The SMILES string of the molecule is NC1CC(Cc2cccc(F)c2)CN(c2ccc3c(c2)OCO3)C1. The molecule has 2 aromatic rings. The van der Waals surface area contributed by atoms with Crippen LogP contribution in [0.25, 0.3) is 0 Å². The maximum absolute atomic E-state index is 13.4. The van der Waals surface area contributed by atoms with Gasteiger partial charge in [0.25, 0.3) is 0 Å². The molecule has 0 amide bonds. The summed E-state index contributed by atoms with van der Waals surface area (Å²) < 4.78 is 24.2. The van der Waals surface area contributed by atoms with E-state index in [-0.39, 0.29) is 18.7 Å². The molecule has 2 N–H and O–H groups in total. The van der Waals surface area contributed by atoms with E-state index in [0.717, 1.165) is 48.7 Å². The molecule has 24 heavy (non-hydrogen) atoms. The number of ether oxygens (including phenoxy) is 2. The fourth-order valence-electron chi connectivity index (χ4n) is 3.68. The number of nitrogens with zero attached hydrogens (tertiary/aromatic N) is 1. The van der Waals surface area contributed by atoms with E-state index < -0.39 is 0 Å². The van der Waals surface area contributed by atoms with Crippen molar-refractivity contribution in [2.24, 2.45) is 11.7 Å². The quantitative estimate of drug-likeness (QED) is 0.941. The molecular formula is C19H21FN2O2. The van der Waals surface area contributed by atoms with E-state index >= 15 is 0 Å². The Kier molecular flexibility index (Phi) is 4.02. The van der Waals surface area contributed by atoms with E-state index in [1.54, 1.807) is 12.1 Å². The van der Waals surface area contributed by atoms with Gasteiger partial charge in [-0.2, -0.15) is 0 Å². The first kappa shape index (κ1) is 15.3. The Morgan fingerprint density at radius 2 is 1.96 bits per heavy atom. The number of nitrogens with two attached hydrogens (primary N) is 1. The van der Waals surface area contributed by atoms with Crippen LogP contribution in [0.2, 0.25) is 0 Å². The monoisotopic (exact) mass is 328 g/mol. The van der Waals surface area contributed by atoms with Gasteiger partial charge in [0.2, 0.25) is 6.79 Å². The zero-order valence-corrected chi connectivity index (χ0v) is 13.5. The smallest absolute Gasteiger partial charge is 0.231 e. The summed E-state index contributed by atoms with van der Waals surface area (Å²) in [7, 11) is 0.